The first-order valence-corrected chi connectivity index (χ1v) is 39.5. The van der Waals surface area contributed by atoms with Crippen LogP contribution in [0, 0.1) is 54.8 Å². The summed E-state index contributed by atoms with van der Waals surface area (Å²) in [6.07, 6.45) is 12.1. The second-order valence-electron chi connectivity index (χ2n) is 31.3. The van der Waals surface area contributed by atoms with Crippen LogP contribution in [0.5, 0.6) is 6.01 Å². The van der Waals surface area contributed by atoms with Crippen molar-refractivity contribution in [3.8, 4) is 24.2 Å². The standard InChI is InChI=1S/C32H39F2N9O2.C28H30N6O.C26H26ClN7O.4H2S/c1-19-12-26-25(14-36-39-26)28(20(19)2)41-9-7-24-27(16-41)37-31(45-17-23-13-32(4,34)18-40(23)5)38-29(24)42-10-11-43(30(44)21(3)33)22(15-42)6-8-35;1-19(2)28(35)34-15-14-33(16-22(34)10-12-29)27-23-11-13-32(17-24(23)30-18-31-27)25-9-5-8-21-7-4-6-20(3)26(21)25;1-17(2)26(35)34-11-10-33(14-19(34)6-8-28)25-20-7-9-32(15-22(20)30-16-31-25)23-13-29-12-18-4-3-5-21(27)24(18)23;;;;/h12,14,22-23H,3,6-7,9-11,13,15-18H2,1-2,4-5H3,(H,36,39);4-9,18,22H,1,10-11,13-17H2,2-3H3;3-5,12-13,16,19H,1,6-7,9-11,14-15H2,2H3;4*1H2/t22-,23-,32?;22-;19-;;;;/m000..../s1. The Morgan fingerprint density at radius 2 is 1.09 bits per heavy atom. The molecule has 33 heteroatoms. The van der Waals surface area contributed by atoms with Gasteiger partial charge in [-0.15, -0.1) is 0 Å². The van der Waals surface area contributed by atoms with Gasteiger partial charge in [0.25, 0.3) is 5.91 Å². The van der Waals surface area contributed by atoms with Gasteiger partial charge in [0.2, 0.25) is 11.8 Å². The molecule has 1 N–H and O–H groups in total. The number of likely N-dealkylation sites (tertiary alicyclic amines) is 1. The third-order valence-corrected chi connectivity index (χ3v) is 23.7. The third-order valence-electron chi connectivity index (χ3n) is 23.4. The predicted octanol–water partition coefficient (Wildman–Crippen LogP) is 12.0. The molecule has 1 unspecified atom stereocenters. The zero-order chi connectivity index (χ0) is 81.1. The average molecular weight is 1710 g/mol. The van der Waals surface area contributed by atoms with Crippen LogP contribution < -0.4 is 34.1 Å². The number of nitriles is 3. The van der Waals surface area contributed by atoms with Crippen molar-refractivity contribution in [3.63, 3.8) is 0 Å². The summed E-state index contributed by atoms with van der Waals surface area (Å²) in [6.45, 7) is 31.5. The van der Waals surface area contributed by atoms with Crippen molar-refractivity contribution in [2.24, 2.45) is 0 Å². The minimum Gasteiger partial charge on any atom is -0.462 e. The molecule has 16 rings (SSSR count). The molecule has 119 heavy (non-hydrogen) atoms. The molecule has 7 aliphatic rings. The summed E-state index contributed by atoms with van der Waals surface area (Å²) in [4.78, 5) is 90.9. The minimum atomic E-state index is -1.28. The molecule has 26 nitrogen and oxygen atoms in total. The molecule has 5 atom stereocenters. The van der Waals surface area contributed by atoms with Crippen molar-refractivity contribution in [2.45, 2.75) is 136 Å². The lowest BCUT2D eigenvalue weighted by atomic mass is 9.99. The molecule has 0 spiro atoms. The lowest BCUT2D eigenvalue weighted by molar-refractivity contribution is -0.131. The number of fused-ring (bicyclic) bond motifs is 6. The predicted molar refractivity (Wildman–Crippen MR) is 483 cm³/mol. The summed E-state index contributed by atoms with van der Waals surface area (Å²) < 4.78 is 34.8. The molecule has 4 aromatic carbocycles. The monoisotopic (exact) mass is 1710 g/mol. The quantitative estimate of drug-likeness (QED) is 0.0933. The number of nitrogens with one attached hydrogen (secondary N) is 1. The summed E-state index contributed by atoms with van der Waals surface area (Å²) in [7, 11) is 1.89. The Hall–Kier alpha value is -10.5. The van der Waals surface area contributed by atoms with Gasteiger partial charge in [0.05, 0.1) is 127 Å². The number of benzene rings is 4. The number of hydrogen-bond donors (Lipinski definition) is 1. The van der Waals surface area contributed by atoms with Crippen molar-refractivity contribution >= 4 is 150 Å². The van der Waals surface area contributed by atoms with E-state index < -0.39 is 23.4 Å². The fraction of sp³-hybridized carbons (Fsp3) is 0.419. The van der Waals surface area contributed by atoms with Crippen molar-refractivity contribution in [1.82, 2.24) is 64.7 Å². The lowest BCUT2D eigenvalue weighted by Gasteiger charge is -2.42. The maximum Gasteiger partial charge on any atom is 0.318 e. The number of anilines is 6. The van der Waals surface area contributed by atoms with Gasteiger partial charge in [0.1, 0.15) is 42.4 Å². The Morgan fingerprint density at radius 1 is 0.588 bits per heavy atom. The Balaban J connectivity index is 0.000000187. The van der Waals surface area contributed by atoms with Gasteiger partial charge in [0, 0.05) is 159 Å². The second-order valence-corrected chi connectivity index (χ2v) is 31.7. The number of nitrogens with zero attached hydrogens (tertiary/aromatic N) is 21. The van der Waals surface area contributed by atoms with E-state index in [1.807, 2.05) is 53.6 Å². The Bertz CT molecular complexity index is 5230. The summed E-state index contributed by atoms with van der Waals surface area (Å²) in [5.41, 5.74) is 13.8. The van der Waals surface area contributed by atoms with E-state index in [4.69, 9.17) is 26.3 Å². The molecule has 3 amide bonds. The van der Waals surface area contributed by atoms with Crippen LogP contribution in [0.2, 0.25) is 5.02 Å². The lowest BCUT2D eigenvalue weighted by Crippen LogP contribution is -2.55. The molecule has 0 radical (unpaired) electrons. The van der Waals surface area contributed by atoms with Crippen LogP contribution in [0.1, 0.15) is 96.9 Å². The van der Waals surface area contributed by atoms with E-state index in [0.29, 0.717) is 107 Å². The van der Waals surface area contributed by atoms with Crippen molar-refractivity contribution in [2.75, 3.05) is 128 Å². The maximum absolute atomic E-state index is 14.7. The second kappa shape index (κ2) is 39.1. The number of carbonyl (C=O) groups is 3. The van der Waals surface area contributed by atoms with Gasteiger partial charge in [-0.25, -0.2) is 28.7 Å². The van der Waals surface area contributed by atoms with Crippen molar-refractivity contribution in [3.05, 3.63) is 184 Å². The molecule has 7 aliphatic heterocycles. The molecule has 4 fully saturated rings. The van der Waals surface area contributed by atoms with E-state index in [1.54, 1.807) is 43.2 Å². The normalized spacial score (nSPS) is 19.4. The Labute approximate surface area is 726 Å². The van der Waals surface area contributed by atoms with E-state index in [9.17, 15) is 39.0 Å². The van der Waals surface area contributed by atoms with Gasteiger partial charge in [0.15, 0.2) is 5.83 Å². The first-order valence-electron chi connectivity index (χ1n) is 39.1. The van der Waals surface area contributed by atoms with Gasteiger partial charge in [-0.1, -0.05) is 73.8 Å². The number of ether oxygens (including phenoxy) is 1. The average Bonchev–Trinajstić information content (AvgIpc) is 1.66. The summed E-state index contributed by atoms with van der Waals surface area (Å²) in [5.74, 6) is 0.527. The molecule has 0 aliphatic carbocycles. The van der Waals surface area contributed by atoms with E-state index in [0.717, 1.165) is 117 Å². The third kappa shape index (κ3) is 19.2. The van der Waals surface area contributed by atoms with Crippen molar-refractivity contribution < 1.29 is 27.9 Å². The molecule has 5 aromatic heterocycles. The highest BCUT2D eigenvalue weighted by Crippen LogP contribution is 2.42. The molecule has 626 valence electrons. The Morgan fingerprint density at radius 3 is 1.63 bits per heavy atom. The molecular formula is C86H103ClF2N22O4S4. The molecular weight excluding hydrogens is 1610 g/mol. The van der Waals surface area contributed by atoms with E-state index in [2.05, 4.69) is 161 Å². The number of piperazine rings is 3. The summed E-state index contributed by atoms with van der Waals surface area (Å²) in [5, 5.41) is 41.9. The molecule has 9 aromatic rings. The van der Waals surface area contributed by atoms with Crippen LogP contribution >= 0.6 is 65.6 Å². The first kappa shape index (κ1) is 90.8. The number of alkyl halides is 1. The number of aryl methyl sites for hydroxylation is 2. The number of pyridine rings is 1. The highest BCUT2D eigenvalue weighted by molar-refractivity contribution is 7.59. The number of rotatable bonds is 15. The van der Waals surface area contributed by atoms with Crippen LogP contribution in [0.25, 0.3) is 32.4 Å². The molecule has 0 bridgehead atoms. The van der Waals surface area contributed by atoms with Gasteiger partial charge < -0.3 is 48.8 Å². The maximum atomic E-state index is 14.7. The molecule has 12 heterocycles. The first-order chi connectivity index (χ1) is 55.4. The van der Waals surface area contributed by atoms with Crippen molar-refractivity contribution in [1.29, 1.82) is 15.8 Å². The minimum absolute atomic E-state index is 0. The highest BCUT2D eigenvalue weighted by atomic mass is 35.5. The van der Waals surface area contributed by atoms with Crippen LogP contribution in [-0.2, 0) is 53.3 Å². The van der Waals surface area contributed by atoms with E-state index in [-0.39, 0.29) is 122 Å². The van der Waals surface area contributed by atoms with Crippen LogP contribution in [0.4, 0.5) is 43.3 Å². The Kier molecular flexibility index (Phi) is 29.8. The topological polar surface area (TPSA) is 283 Å². The van der Waals surface area contributed by atoms with E-state index >= 15 is 0 Å². The fourth-order valence-electron chi connectivity index (χ4n) is 17.6. The van der Waals surface area contributed by atoms with Crippen LogP contribution in [-0.4, -0.2) is 211 Å². The SMILES string of the molecule is C=C(C)C(=O)N1CCN(c2ncnc3c2CCN(c2cccc4cccc(C)c24)C3)C[C@@H]1CC#N.C=C(C)C(=O)N1CCN(c2ncnc3c2CCN(c2cncc4cccc(Cl)c24)C3)C[C@@H]1CC#N.C=C(F)C(=O)N1CCN(c2nc(OC[C@@H]3CC(C)(F)CN3C)nc3c2CCN(c2c(C)c(C)cc4[nH]ncc24)C3)C[C@@H]1CC#N.S.S.S.S. The summed E-state index contributed by atoms with van der Waals surface area (Å²) in [6, 6.07) is 26.7. The van der Waals surface area contributed by atoms with Gasteiger partial charge in [-0.2, -0.15) is 84.8 Å². The zero-order valence-electron chi connectivity index (χ0n) is 68.2. The fourth-order valence-corrected chi connectivity index (χ4v) is 17.9. The number of aromatic amines is 1. The smallest absolute Gasteiger partial charge is 0.318 e. The number of carbonyl (C=O) groups excluding carboxylic acids is 3. The van der Waals surface area contributed by atoms with Gasteiger partial charge in [-0.3, -0.25) is 29.4 Å². The van der Waals surface area contributed by atoms with E-state index in [1.165, 1.54) is 38.1 Å². The highest BCUT2D eigenvalue weighted by Gasteiger charge is 2.42. The number of aromatic nitrogens is 9. The molecule has 0 saturated carbocycles. The number of likely N-dealkylation sites (N-methyl/N-ethyl adjacent to an activating group) is 1. The van der Waals surface area contributed by atoms with Crippen LogP contribution in [0.3, 0.4) is 0 Å². The van der Waals surface area contributed by atoms with Crippen LogP contribution in [0.15, 0.2) is 129 Å². The van der Waals surface area contributed by atoms with Gasteiger partial charge in [-0.05, 0) is 108 Å². The number of hydrogen-bond acceptors (Lipinski definition) is 22. The zero-order valence-corrected chi connectivity index (χ0v) is 73.0. The largest absolute Gasteiger partial charge is 0.462 e. The number of halogens is 3. The van der Waals surface area contributed by atoms with Gasteiger partial charge >= 0.3 is 6.01 Å². The number of H-pyrrole nitrogens is 1. The number of amides is 3. The summed E-state index contributed by atoms with van der Waals surface area (Å²) >= 11 is 6.56. The molecule has 4 saturated heterocycles.